The van der Waals surface area contributed by atoms with Crippen LogP contribution >= 0.6 is 0 Å². The minimum Gasteiger partial charge on any atom is -0.507 e. The molecule has 0 fully saturated rings. The fourth-order valence-corrected chi connectivity index (χ4v) is 1.01. The first-order valence-corrected chi connectivity index (χ1v) is 3.64. The van der Waals surface area contributed by atoms with E-state index < -0.39 is 22.3 Å². The van der Waals surface area contributed by atoms with Gasteiger partial charge in [0.2, 0.25) is 0 Å². The zero-order chi connectivity index (χ0) is 10.9. The summed E-state index contributed by atoms with van der Waals surface area (Å²) in [7, 11) is 0. The molecule has 0 spiro atoms. The Hall–Kier alpha value is -2.11. The average Bonchev–Trinajstić information content (AvgIpc) is 2.08. The number of carboxylic acid groups (broad SMARTS) is 1. The van der Waals surface area contributed by atoms with Crippen molar-refractivity contribution in [2.75, 3.05) is 0 Å². The molecule has 2 N–H and O–H groups in total. The summed E-state index contributed by atoms with van der Waals surface area (Å²) < 4.78 is 0. The van der Waals surface area contributed by atoms with Crippen molar-refractivity contribution >= 4 is 11.7 Å². The lowest BCUT2D eigenvalue weighted by Crippen LogP contribution is -2.01. The molecule has 6 heteroatoms. The molecular formula is C8H7NO5. The number of non-ortho nitro benzene ring substituents is 1. The lowest BCUT2D eigenvalue weighted by molar-refractivity contribution is -0.385. The van der Waals surface area contributed by atoms with Crippen LogP contribution in [0, 0.1) is 17.0 Å². The Bertz CT molecular complexity index is 412. The molecular weight excluding hydrogens is 190 g/mol. The molecule has 6 nitrogen and oxygen atoms in total. The van der Waals surface area contributed by atoms with Crippen LogP contribution in [0.4, 0.5) is 5.69 Å². The SMILES string of the molecule is Cc1c(O)cc([N+](=O)[O-])cc1C(=O)O. The number of nitrogens with zero attached hydrogens (tertiary/aromatic N) is 1. The van der Waals surface area contributed by atoms with Crippen molar-refractivity contribution in [1.82, 2.24) is 0 Å². The first kappa shape index (κ1) is 9.97. The topological polar surface area (TPSA) is 101 Å². The van der Waals surface area contributed by atoms with Crippen LogP contribution in [0.2, 0.25) is 0 Å². The third kappa shape index (κ3) is 1.63. The Morgan fingerprint density at radius 1 is 1.50 bits per heavy atom. The summed E-state index contributed by atoms with van der Waals surface area (Å²) >= 11 is 0. The third-order valence-corrected chi connectivity index (χ3v) is 1.81. The first-order chi connectivity index (χ1) is 6.43. The predicted molar refractivity (Wildman–Crippen MR) is 46.5 cm³/mol. The molecule has 0 radical (unpaired) electrons. The van der Waals surface area contributed by atoms with E-state index in [2.05, 4.69) is 0 Å². The number of phenols is 1. The second kappa shape index (κ2) is 3.33. The molecule has 0 aliphatic rings. The molecule has 0 aliphatic carbocycles. The molecule has 0 atom stereocenters. The number of carboxylic acids is 1. The highest BCUT2D eigenvalue weighted by molar-refractivity contribution is 5.91. The Labute approximate surface area is 78.6 Å². The second-order valence-electron chi connectivity index (χ2n) is 2.70. The van der Waals surface area contributed by atoms with Gasteiger partial charge in [-0.3, -0.25) is 10.1 Å². The molecule has 1 aromatic carbocycles. The molecule has 0 saturated carbocycles. The van der Waals surface area contributed by atoms with Gasteiger partial charge in [0.25, 0.3) is 5.69 Å². The number of hydrogen-bond acceptors (Lipinski definition) is 4. The molecule has 74 valence electrons. The van der Waals surface area contributed by atoms with Crippen LogP contribution in [0.15, 0.2) is 12.1 Å². The van der Waals surface area contributed by atoms with Crippen LogP contribution in [-0.2, 0) is 0 Å². The van der Waals surface area contributed by atoms with E-state index in [0.29, 0.717) is 0 Å². The summed E-state index contributed by atoms with van der Waals surface area (Å²) in [5.74, 6) is -1.70. The van der Waals surface area contributed by atoms with Crippen LogP contribution in [-0.4, -0.2) is 21.1 Å². The molecule has 1 aromatic rings. The van der Waals surface area contributed by atoms with Gasteiger partial charge in [0.1, 0.15) is 5.75 Å². The molecule has 0 heterocycles. The monoisotopic (exact) mass is 197 g/mol. The zero-order valence-electron chi connectivity index (χ0n) is 7.22. The Morgan fingerprint density at radius 3 is 2.50 bits per heavy atom. The molecule has 0 unspecified atom stereocenters. The molecule has 14 heavy (non-hydrogen) atoms. The summed E-state index contributed by atoms with van der Waals surface area (Å²) in [4.78, 5) is 20.2. The highest BCUT2D eigenvalue weighted by Crippen LogP contribution is 2.26. The summed E-state index contributed by atoms with van der Waals surface area (Å²) in [6.45, 7) is 1.38. The number of benzene rings is 1. The number of nitro benzene ring substituents is 1. The average molecular weight is 197 g/mol. The van der Waals surface area contributed by atoms with Crippen molar-refractivity contribution in [2.24, 2.45) is 0 Å². The minimum absolute atomic E-state index is 0.114. The maximum absolute atomic E-state index is 10.6. The van der Waals surface area contributed by atoms with Gasteiger partial charge in [-0.05, 0) is 6.92 Å². The molecule has 0 aliphatic heterocycles. The zero-order valence-corrected chi connectivity index (χ0v) is 7.22. The van der Waals surface area contributed by atoms with Gasteiger partial charge in [0, 0.05) is 11.6 Å². The molecule has 1 rings (SSSR count). The molecule has 0 bridgehead atoms. The summed E-state index contributed by atoms with van der Waals surface area (Å²) in [6.07, 6.45) is 0. The summed E-state index contributed by atoms with van der Waals surface area (Å²) in [6, 6.07) is 1.83. The largest absolute Gasteiger partial charge is 0.507 e. The van der Waals surface area contributed by atoms with Crippen LogP contribution < -0.4 is 0 Å². The van der Waals surface area contributed by atoms with Gasteiger partial charge in [-0.15, -0.1) is 0 Å². The standard InChI is InChI=1S/C8H7NO5/c1-4-6(8(11)12)2-5(9(13)14)3-7(4)10/h2-3,10H,1H3,(H,11,12). The van der Waals surface area contributed by atoms with Gasteiger partial charge in [0.05, 0.1) is 16.6 Å². The van der Waals surface area contributed by atoms with E-state index in [1.54, 1.807) is 0 Å². The Kier molecular flexibility index (Phi) is 2.37. The summed E-state index contributed by atoms with van der Waals surface area (Å²) in [5, 5.41) is 28.2. The van der Waals surface area contributed by atoms with Crippen molar-refractivity contribution in [3.05, 3.63) is 33.4 Å². The third-order valence-electron chi connectivity index (χ3n) is 1.81. The highest BCUT2D eigenvalue weighted by Gasteiger charge is 2.17. The first-order valence-electron chi connectivity index (χ1n) is 3.64. The van der Waals surface area contributed by atoms with E-state index in [-0.39, 0.29) is 11.1 Å². The Balaban J connectivity index is 3.43. The summed E-state index contributed by atoms with van der Waals surface area (Å²) in [5.41, 5.74) is -0.592. The van der Waals surface area contributed by atoms with E-state index in [0.717, 1.165) is 12.1 Å². The van der Waals surface area contributed by atoms with E-state index >= 15 is 0 Å². The lowest BCUT2D eigenvalue weighted by atomic mass is 10.1. The molecule has 0 saturated heterocycles. The molecule has 0 amide bonds. The fourth-order valence-electron chi connectivity index (χ4n) is 1.01. The van der Waals surface area contributed by atoms with Gasteiger partial charge < -0.3 is 10.2 Å². The van der Waals surface area contributed by atoms with Gasteiger partial charge in [-0.25, -0.2) is 4.79 Å². The normalized spacial score (nSPS) is 9.79. The fraction of sp³-hybridized carbons (Fsp3) is 0.125. The van der Waals surface area contributed by atoms with Crippen molar-refractivity contribution < 1.29 is 19.9 Å². The number of phenolic OH excluding ortho intramolecular Hbond substituents is 1. The quantitative estimate of drug-likeness (QED) is 0.549. The van der Waals surface area contributed by atoms with Crippen LogP contribution in [0.3, 0.4) is 0 Å². The maximum Gasteiger partial charge on any atom is 0.336 e. The van der Waals surface area contributed by atoms with Crippen LogP contribution in [0.25, 0.3) is 0 Å². The number of rotatable bonds is 2. The molecule has 0 aromatic heterocycles. The van der Waals surface area contributed by atoms with Gasteiger partial charge in [0.15, 0.2) is 0 Å². The highest BCUT2D eigenvalue weighted by atomic mass is 16.6. The van der Waals surface area contributed by atoms with Gasteiger partial charge >= 0.3 is 5.97 Å². The Morgan fingerprint density at radius 2 is 2.07 bits per heavy atom. The van der Waals surface area contributed by atoms with Crippen LogP contribution in [0.1, 0.15) is 15.9 Å². The van der Waals surface area contributed by atoms with E-state index in [1.807, 2.05) is 0 Å². The van der Waals surface area contributed by atoms with Gasteiger partial charge in [-0.1, -0.05) is 0 Å². The minimum atomic E-state index is -1.30. The number of nitro groups is 1. The van der Waals surface area contributed by atoms with E-state index in [1.165, 1.54) is 6.92 Å². The van der Waals surface area contributed by atoms with E-state index in [4.69, 9.17) is 5.11 Å². The van der Waals surface area contributed by atoms with Crippen molar-refractivity contribution in [3.8, 4) is 5.75 Å². The van der Waals surface area contributed by atoms with Crippen LogP contribution in [0.5, 0.6) is 5.75 Å². The number of aromatic carboxylic acids is 1. The number of carbonyl (C=O) groups is 1. The van der Waals surface area contributed by atoms with Crippen molar-refractivity contribution in [3.63, 3.8) is 0 Å². The van der Waals surface area contributed by atoms with Crippen molar-refractivity contribution in [1.29, 1.82) is 0 Å². The number of hydrogen-bond donors (Lipinski definition) is 2. The van der Waals surface area contributed by atoms with E-state index in [9.17, 15) is 20.0 Å². The predicted octanol–water partition coefficient (Wildman–Crippen LogP) is 1.31. The van der Waals surface area contributed by atoms with Crippen molar-refractivity contribution in [2.45, 2.75) is 6.92 Å². The van der Waals surface area contributed by atoms with Gasteiger partial charge in [-0.2, -0.15) is 0 Å². The smallest absolute Gasteiger partial charge is 0.336 e. The number of aromatic hydroxyl groups is 1. The second-order valence-corrected chi connectivity index (χ2v) is 2.70. The maximum atomic E-state index is 10.6. The lowest BCUT2D eigenvalue weighted by Gasteiger charge is -2.02.